The summed E-state index contributed by atoms with van der Waals surface area (Å²) in [6, 6.07) is 4.00. The van der Waals surface area contributed by atoms with Gasteiger partial charge in [-0.25, -0.2) is 0 Å². The fourth-order valence-corrected chi connectivity index (χ4v) is 2.60. The van der Waals surface area contributed by atoms with Gasteiger partial charge in [-0.05, 0) is 38.4 Å². The van der Waals surface area contributed by atoms with E-state index in [1.54, 1.807) is 0 Å². The van der Waals surface area contributed by atoms with E-state index in [4.69, 9.17) is 4.74 Å². The van der Waals surface area contributed by atoms with Crippen molar-refractivity contribution in [2.75, 3.05) is 32.1 Å². The van der Waals surface area contributed by atoms with Crippen LogP contribution in [0.1, 0.15) is 25.5 Å². The highest BCUT2D eigenvalue weighted by Crippen LogP contribution is 2.20. The van der Waals surface area contributed by atoms with Gasteiger partial charge in [0.1, 0.15) is 0 Å². The van der Waals surface area contributed by atoms with E-state index in [9.17, 15) is 4.79 Å². The summed E-state index contributed by atoms with van der Waals surface area (Å²) in [5.74, 6) is -0.0506. The number of nitrogens with one attached hydrogen (secondary N) is 1. The molecule has 1 fully saturated rings. The normalized spacial score (nSPS) is 19.6. The van der Waals surface area contributed by atoms with Crippen LogP contribution in [0.25, 0.3) is 0 Å². The molecule has 2 rings (SSSR count). The molecule has 1 aromatic rings. The quantitative estimate of drug-likeness (QED) is 0.833. The summed E-state index contributed by atoms with van der Waals surface area (Å²) in [4.78, 5) is 18.5. The van der Waals surface area contributed by atoms with Crippen molar-refractivity contribution in [1.82, 2.24) is 9.88 Å². The fraction of sp³-hybridized carbons (Fsp3) is 0.600. The molecule has 1 saturated heterocycles. The molecule has 5 nitrogen and oxygen atoms in total. The number of carbonyl (C=O) groups is 1. The number of rotatable bonds is 5. The number of hydrogen-bond acceptors (Lipinski definition) is 5. The molecule has 0 saturated carbocycles. The molecule has 110 valence electrons. The summed E-state index contributed by atoms with van der Waals surface area (Å²) < 4.78 is 5.13. The maximum Gasteiger partial charge on any atom is 0.310 e. The largest absolute Gasteiger partial charge is 0.466 e. The lowest BCUT2D eigenvalue weighted by Gasteiger charge is -2.31. The van der Waals surface area contributed by atoms with Gasteiger partial charge >= 0.3 is 5.97 Å². The Labute approximate surface area is 120 Å². The minimum absolute atomic E-state index is 0.0104. The van der Waals surface area contributed by atoms with E-state index in [0.717, 1.165) is 43.9 Å². The maximum atomic E-state index is 11.8. The van der Waals surface area contributed by atoms with Crippen LogP contribution in [0, 0.1) is 5.92 Å². The Morgan fingerprint density at radius 2 is 2.45 bits per heavy atom. The van der Waals surface area contributed by atoms with Gasteiger partial charge in [0.05, 0.1) is 18.2 Å². The number of likely N-dealkylation sites (tertiary alicyclic amines) is 1. The van der Waals surface area contributed by atoms with Crippen LogP contribution in [0.15, 0.2) is 18.3 Å². The highest BCUT2D eigenvalue weighted by Gasteiger charge is 2.26. The summed E-state index contributed by atoms with van der Waals surface area (Å²) >= 11 is 0. The summed E-state index contributed by atoms with van der Waals surface area (Å²) in [6.45, 7) is 4.88. The van der Waals surface area contributed by atoms with E-state index < -0.39 is 0 Å². The van der Waals surface area contributed by atoms with Gasteiger partial charge in [0.2, 0.25) is 0 Å². The van der Waals surface area contributed by atoms with Crippen LogP contribution in [0.4, 0.5) is 5.69 Å². The smallest absolute Gasteiger partial charge is 0.310 e. The van der Waals surface area contributed by atoms with Crippen molar-refractivity contribution in [3.63, 3.8) is 0 Å². The van der Waals surface area contributed by atoms with E-state index in [2.05, 4.69) is 15.2 Å². The Morgan fingerprint density at radius 3 is 3.20 bits per heavy atom. The van der Waals surface area contributed by atoms with Gasteiger partial charge in [0.15, 0.2) is 0 Å². The number of anilines is 1. The highest BCUT2D eigenvalue weighted by atomic mass is 16.5. The molecule has 0 amide bonds. The predicted octanol–water partition coefficient (Wildman–Crippen LogP) is 1.90. The molecule has 2 heterocycles. The average Bonchev–Trinajstić information content (AvgIpc) is 2.48. The number of hydrogen-bond donors (Lipinski definition) is 1. The molecule has 0 radical (unpaired) electrons. The molecule has 1 atom stereocenters. The van der Waals surface area contributed by atoms with Crippen LogP contribution in [0.5, 0.6) is 0 Å². The van der Waals surface area contributed by atoms with Gasteiger partial charge in [0, 0.05) is 32.0 Å². The van der Waals surface area contributed by atoms with Crippen molar-refractivity contribution in [3.05, 3.63) is 24.0 Å². The monoisotopic (exact) mass is 277 g/mol. The van der Waals surface area contributed by atoms with Gasteiger partial charge in [0.25, 0.3) is 0 Å². The molecular weight excluding hydrogens is 254 g/mol. The van der Waals surface area contributed by atoms with E-state index >= 15 is 0 Å². The van der Waals surface area contributed by atoms with Crippen LogP contribution in [-0.2, 0) is 16.1 Å². The van der Waals surface area contributed by atoms with Crippen molar-refractivity contribution in [1.29, 1.82) is 0 Å². The highest BCUT2D eigenvalue weighted by molar-refractivity contribution is 5.72. The lowest BCUT2D eigenvalue weighted by Crippen LogP contribution is -2.39. The minimum atomic E-state index is -0.0610. The molecule has 1 unspecified atom stereocenters. The third-order valence-electron chi connectivity index (χ3n) is 3.62. The van der Waals surface area contributed by atoms with E-state index in [-0.39, 0.29) is 11.9 Å². The Hall–Kier alpha value is -1.62. The molecule has 5 heteroatoms. The second-order valence-electron chi connectivity index (χ2n) is 5.11. The Kier molecular flexibility index (Phi) is 5.35. The summed E-state index contributed by atoms with van der Waals surface area (Å²) in [5.41, 5.74) is 2.09. The van der Waals surface area contributed by atoms with E-state index in [0.29, 0.717) is 6.61 Å². The number of aromatic nitrogens is 1. The second kappa shape index (κ2) is 7.24. The second-order valence-corrected chi connectivity index (χ2v) is 5.11. The molecule has 0 spiro atoms. The van der Waals surface area contributed by atoms with Gasteiger partial charge in [-0.15, -0.1) is 0 Å². The number of carbonyl (C=O) groups excluding carboxylic acids is 1. The van der Waals surface area contributed by atoms with Gasteiger partial charge in [-0.1, -0.05) is 0 Å². The molecule has 1 aliphatic rings. The van der Waals surface area contributed by atoms with Crippen LogP contribution < -0.4 is 5.32 Å². The van der Waals surface area contributed by atoms with E-state index in [1.165, 1.54) is 0 Å². The van der Waals surface area contributed by atoms with Crippen LogP contribution >= 0.6 is 0 Å². The Bertz CT molecular complexity index is 450. The van der Waals surface area contributed by atoms with Crippen LogP contribution in [-0.4, -0.2) is 42.6 Å². The maximum absolute atomic E-state index is 11.8. The average molecular weight is 277 g/mol. The fourth-order valence-electron chi connectivity index (χ4n) is 2.60. The molecule has 0 aromatic carbocycles. The van der Waals surface area contributed by atoms with Gasteiger partial charge in [-0.3, -0.25) is 14.7 Å². The number of piperidine rings is 1. The SMILES string of the molecule is CCOC(=O)C1CCCN(Cc2cc(NC)ccn2)C1. The van der Waals surface area contributed by atoms with Crippen molar-refractivity contribution < 1.29 is 9.53 Å². The zero-order valence-electron chi connectivity index (χ0n) is 12.3. The molecule has 0 aliphatic carbocycles. The molecule has 1 aromatic heterocycles. The first-order valence-corrected chi connectivity index (χ1v) is 7.24. The topological polar surface area (TPSA) is 54.5 Å². The summed E-state index contributed by atoms with van der Waals surface area (Å²) in [7, 11) is 1.90. The van der Waals surface area contributed by atoms with Crippen LogP contribution in [0.2, 0.25) is 0 Å². The molecule has 20 heavy (non-hydrogen) atoms. The zero-order chi connectivity index (χ0) is 14.4. The minimum Gasteiger partial charge on any atom is -0.466 e. The van der Waals surface area contributed by atoms with E-state index in [1.807, 2.05) is 32.3 Å². The number of nitrogens with zero attached hydrogens (tertiary/aromatic N) is 2. The van der Waals surface area contributed by atoms with Crippen molar-refractivity contribution in [2.24, 2.45) is 5.92 Å². The number of pyridine rings is 1. The van der Waals surface area contributed by atoms with Crippen LogP contribution in [0.3, 0.4) is 0 Å². The summed E-state index contributed by atoms with van der Waals surface area (Å²) in [6.07, 6.45) is 3.78. The Balaban J connectivity index is 1.93. The lowest BCUT2D eigenvalue weighted by atomic mass is 9.98. The third kappa shape index (κ3) is 3.93. The first-order valence-electron chi connectivity index (χ1n) is 7.24. The third-order valence-corrected chi connectivity index (χ3v) is 3.62. The zero-order valence-corrected chi connectivity index (χ0v) is 12.3. The first kappa shape index (κ1) is 14.8. The molecular formula is C15H23N3O2. The van der Waals surface area contributed by atoms with Crippen molar-refractivity contribution >= 4 is 11.7 Å². The predicted molar refractivity (Wildman–Crippen MR) is 78.4 cm³/mol. The number of esters is 1. The Morgan fingerprint density at radius 1 is 1.60 bits per heavy atom. The standard InChI is InChI=1S/C15H23N3O2/c1-3-20-15(19)12-5-4-8-18(10-12)11-14-9-13(16-2)6-7-17-14/h6-7,9,12H,3-5,8,10-11H2,1-2H3,(H,16,17). The number of ether oxygens (including phenoxy) is 1. The first-order chi connectivity index (χ1) is 9.72. The van der Waals surface area contributed by atoms with Gasteiger partial charge < -0.3 is 10.1 Å². The lowest BCUT2D eigenvalue weighted by molar-refractivity contribution is -0.150. The van der Waals surface area contributed by atoms with Crippen molar-refractivity contribution in [3.8, 4) is 0 Å². The van der Waals surface area contributed by atoms with Crippen molar-refractivity contribution in [2.45, 2.75) is 26.3 Å². The molecule has 1 N–H and O–H groups in total. The molecule has 1 aliphatic heterocycles. The van der Waals surface area contributed by atoms with Gasteiger partial charge in [-0.2, -0.15) is 0 Å². The summed E-state index contributed by atoms with van der Waals surface area (Å²) in [5, 5.41) is 3.12. The molecule has 0 bridgehead atoms.